The minimum atomic E-state index is -0.641. The Labute approximate surface area is 125 Å². The number of aliphatic hydroxyl groups excluding tert-OH is 1. The lowest BCUT2D eigenvalue weighted by Gasteiger charge is -2.47. The molecule has 0 aliphatic heterocycles. The zero-order valence-corrected chi connectivity index (χ0v) is 12.8. The first-order valence-corrected chi connectivity index (χ1v) is 7.21. The Morgan fingerprint density at radius 3 is 2.43 bits per heavy atom. The third kappa shape index (κ3) is 3.95. The first kappa shape index (κ1) is 15.8. The first-order chi connectivity index (χ1) is 9.70. The largest absolute Gasteiger partial charge is 0.444 e. The zero-order chi connectivity index (χ0) is 15.7. The van der Waals surface area contributed by atoms with E-state index in [0.29, 0.717) is 12.8 Å². The van der Waals surface area contributed by atoms with Gasteiger partial charge in [0, 0.05) is 5.54 Å². The van der Waals surface area contributed by atoms with Crippen LogP contribution in [0.4, 0.5) is 4.79 Å². The lowest BCUT2D eigenvalue weighted by molar-refractivity contribution is -0.00362. The fourth-order valence-corrected chi connectivity index (χ4v) is 2.68. The molecule has 0 heterocycles. The van der Waals surface area contributed by atoms with Crippen molar-refractivity contribution in [2.45, 2.75) is 56.9 Å². The van der Waals surface area contributed by atoms with Gasteiger partial charge in [0.2, 0.25) is 0 Å². The van der Waals surface area contributed by atoms with E-state index in [1.165, 1.54) is 0 Å². The van der Waals surface area contributed by atoms with Gasteiger partial charge in [0.05, 0.1) is 12.1 Å². The van der Waals surface area contributed by atoms with Gasteiger partial charge < -0.3 is 20.9 Å². The molecule has 1 amide bonds. The molecular weight excluding hydrogens is 268 g/mol. The summed E-state index contributed by atoms with van der Waals surface area (Å²) in [5.41, 5.74) is 6.06. The molecular formula is C16H24N2O3. The minimum absolute atomic E-state index is 0.378. The van der Waals surface area contributed by atoms with Crippen molar-refractivity contribution in [3.63, 3.8) is 0 Å². The van der Waals surface area contributed by atoms with Crippen LogP contribution in [0.1, 0.15) is 45.2 Å². The van der Waals surface area contributed by atoms with Gasteiger partial charge in [-0.15, -0.1) is 0 Å². The molecule has 1 saturated carbocycles. The number of aliphatic hydroxyl groups is 1. The average Bonchev–Trinajstić information content (AvgIpc) is 2.33. The molecule has 5 nitrogen and oxygen atoms in total. The van der Waals surface area contributed by atoms with Crippen LogP contribution < -0.4 is 11.1 Å². The SMILES string of the molecule is CC(C)(C)OC(=O)NC(c1ccccc1)C1(N)CC(O)C1. The highest BCUT2D eigenvalue weighted by Crippen LogP contribution is 2.40. The Balaban J connectivity index is 2.16. The Kier molecular flexibility index (Phi) is 4.25. The number of carbonyl (C=O) groups is 1. The standard InChI is InChI=1S/C16H24N2O3/c1-15(2,3)21-14(20)18-13(11-7-5-4-6-8-11)16(17)9-12(19)10-16/h4-8,12-13,19H,9-10,17H2,1-3H3,(H,18,20). The van der Waals surface area contributed by atoms with E-state index in [0.717, 1.165) is 5.56 Å². The molecule has 1 aromatic rings. The maximum atomic E-state index is 12.1. The molecule has 21 heavy (non-hydrogen) atoms. The van der Waals surface area contributed by atoms with Crippen LogP contribution in [-0.4, -0.2) is 28.4 Å². The van der Waals surface area contributed by atoms with Crippen molar-refractivity contribution in [3.8, 4) is 0 Å². The van der Waals surface area contributed by atoms with Crippen LogP contribution >= 0.6 is 0 Å². The predicted molar refractivity (Wildman–Crippen MR) is 80.7 cm³/mol. The second-order valence-corrected chi connectivity index (χ2v) is 6.79. The first-order valence-electron chi connectivity index (χ1n) is 7.21. The van der Waals surface area contributed by atoms with Crippen molar-refractivity contribution in [2.75, 3.05) is 0 Å². The van der Waals surface area contributed by atoms with E-state index in [2.05, 4.69) is 5.32 Å². The maximum Gasteiger partial charge on any atom is 0.408 e. The summed E-state index contributed by atoms with van der Waals surface area (Å²) in [6.45, 7) is 5.44. The van der Waals surface area contributed by atoms with Crippen molar-refractivity contribution >= 4 is 6.09 Å². The second-order valence-electron chi connectivity index (χ2n) is 6.79. The second kappa shape index (κ2) is 5.66. The van der Waals surface area contributed by atoms with E-state index >= 15 is 0 Å². The number of amides is 1. The predicted octanol–water partition coefficient (Wildman–Crippen LogP) is 2.10. The number of rotatable bonds is 3. The van der Waals surface area contributed by atoms with Gasteiger partial charge in [0.1, 0.15) is 5.60 Å². The minimum Gasteiger partial charge on any atom is -0.444 e. The van der Waals surface area contributed by atoms with Crippen molar-refractivity contribution in [2.24, 2.45) is 5.73 Å². The Hall–Kier alpha value is -1.59. The fraction of sp³-hybridized carbons (Fsp3) is 0.562. The Morgan fingerprint density at radius 1 is 1.38 bits per heavy atom. The third-order valence-corrected chi connectivity index (χ3v) is 3.60. The van der Waals surface area contributed by atoms with E-state index in [9.17, 15) is 9.90 Å². The molecule has 2 rings (SSSR count). The van der Waals surface area contributed by atoms with E-state index in [4.69, 9.17) is 10.5 Å². The number of nitrogens with one attached hydrogen (secondary N) is 1. The van der Waals surface area contributed by atoms with Gasteiger partial charge in [-0.3, -0.25) is 0 Å². The van der Waals surface area contributed by atoms with Crippen molar-refractivity contribution in [3.05, 3.63) is 35.9 Å². The quantitative estimate of drug-likeness (QED) is 0.796. The summed E-state index contributed by atoms with van der Waals surface area (Å²) in [6, 6.07) is 9.17. The van der Waals surface area contributed by atoms with E-state index in [1.807, 2.05) is 51.1 Å². The maximum absolute atomic E-state index is 12.1. The topological polar surface area (TPSA) is 84.6 Å². The molecule has 5 heteroatoms. The lowest BCUT2D eigenvalue weighted by atomic mass is 9.68. The molecule has 1 aliphatic carbocycles. The molecule has 0 saturated heterocycles. The van der Waals surface area contributed by atoms with Crippen LogP contribution in [0, 0.1) is 0 Å². The summed E-state index contributed by atoms with van der Waals surface area (Å²) in [4.78, 5) is 12.1. The Morgan fingerprint density at radius 2 is 1.95 bits per heavy atom. The van der Waals surface area contributed by atoms with Crippen molar-refractivity contribution < 1.29 is 14.6 Å². The monoisotopic (exact) mass is 292 g/mol. The number of hydrogen-bond acceptors (Lipinski definition) is 4. The van der Waals surface area contributed by atoms with E-state index in [-0.39, 0.29) is 6.04 Å². The smallest absolute Gasteiger partial charge is 0.408 e. The number of hydrogen-bond donors (Lipinski definition) is 3. The van der Waals surface area contributed by atoms with Crippen LogP contribution in [-0.2, 0) is 4.74 Å². The van der Waals surface area contributed by atoms with Gasteiger partial charge in [-0.2, -0.15) is 0 Å². The molecule has 1 unspecified atom stereocenters. The highest BCUT2D eigenvalue weighted by Gasteiger charge is 2.47. The van der Waals surface area contributed by atoms with Crippen LogP contribution in [0.2, 0.25) is 0 Å². The number of ether oxygens (including phenoxy) is 1. The molecule has 0 aromatic heterocycles. The molecule has 0 spiro atoms. The van der Waals surface area contributed by atoms with Crippen LogP contribution in [0.3, 0.4) is 0 Å². The normalized spacial score (nSPS) is 26.6. The Bertz CT molecular complexity index is 490. The zero-order valence-electron chi connectivity index (χ0n) is 12.8. The van der Waals surface area contributed by atoms with Gasteiger partial charge in [-0.1, -0.05) is 30.3 Å². The highest BCUT2D eigenvalue weighted by molar-refractivity contribution is 5.68. The molecule has 1 aromatic carbocycles. The van der Waals surface area contributed by atoms with E-state index in [1.54, 1.807) is 0 Å². The molecule has 4 N–H and O–H groups in total. The van der Waals surface area contributed by atoms with Crippen LogP contribution in [0.15, 0.2) is 30.3 Å². The number of benzene rings is 1. The number of alkyl carbamates (subject to hydrolysis) is 1. The number of nitrogens with two attached hydrogens (primary N) is 1. The summed E-state index contributed by atoms with van der Waals surface area (Å²) in [5.74, 6) is 0. The molecule has 0 radical (unpaired) electrons. The van der Waals surface area contributed by atoms with Gasteiger partial charge in [-0.25, -0.2) is 4.79 Å². The highest BCUT2D eigenvalue weighted by atomic mass is 16.6. The molecule has 1 aliphatic rings. The summed E-state index contributed by atoms with van der Waals surface area (Å²) >= 11 is 0. The van der Waals surface area contributed by atoms with Gasteiger partial charge in [0.25, 0.3) is 0 Å². The number of carbonyl (C=O) groups excluding carboxylic acids is 1. The molecule has 0 bridgehead atoms. The third-order valence-electron chi connectivity index (χ3n) is 3.60. The fourth-order valence-electron chi connectivity index (χ4n) is 2.68. The summed E-state index contributed by atoms with van der Waals surface area (Å²) in [7, 11) is 0. The molecule has 1 atom stereocenters. The van der Waals surface area contributed by atoms with Crippen LogP contribution in [0.5, 0.6) is 0 Å². The van der Waals surface area contributed by atoms with Gasteiger partial charge >= 0.3 is 6.09 Å². The summed E-state index contributed by atoms with van der Waals surface area (Å²) < 4.78 is 5.31. The summed E-state index contributed by atoms with van der Waals surface area (Å²) in [6.07, 6.45) is 0.0225. The van der Waals surface area contributed by atoms with Crippen molar-refractivity contribution in [1.29, 1.82) is 0 Å². The molecule has 116 valence electrons. The van der Waals surface area contributed by atoms with E-state index < -0.39 is 23.3 Å². The molecule has 1 fully saturated rings. The van der Waals surface area contributed by atoms with Crippen molar-refractivity contribution in [1.82, 2.24) is 5.32 Å². The van der Waals surface area contributed by atoms with Crippen LogP contribution in [0.25, 0.3) is 0 Å². The average molecular weight is 292 g/mol. The summed E-state index contributed by atoms with van der Waals surface area (Å²) in [5, 5.41) is 12.4. The van der Waals surface area contributed by atoms with Gasteiger partial charge in [-0.05, 0) is 39.2 Å². The lowest BCUT2D eigenvalue weighted by Crippen LogP contribution is -2.62. The van der Waals surface area contributed by atoms with Gasteiger partial charge in [0.15, 0.2) is 0 Å².